The second kappa shape index (κ2) is 12.1. The molecule has 0 unspecified atom stereocenters. The van der Waals surface area contributed by atoms with E-state index in [0.717, 1.165) is 27.8 Å². The highest BCUT2D eigenvalue weighted by Gasteiger charge is 2.34. The first-order valence-electron chi connectivity index (χ1n) is 15.2. The zero-order valence-electron chi connectivity index (χ0n) is 27.6. The largest absolute Gasteiger partial charge is 0.475 e. The van der Waals surface area contributed by atoms with E-state index in [-0.39, 0.29) is 41.1 Å². The van der Waals surface area contributed by atoms with Crippen molar-refractivity contribution in [3.05, 3.63) is 82.5 Å². The predicted octanol–water partition coefficient (Wildman–Crippen LogP) is 5.36. The van der Waals surface area contributed by atoms with E-state index in [2.05, 4.69) is 40.6 Å². The van der Waals surface area contributed by atoms with Gasteiger partial charge in [0, 0.05) is 31.3 Å². The average molecular weight is 647 g/mol. The Labute approximate surface area is 270 Å². The van der Waals surface area contributed by atoms with Gasteiger partial charge in [-0.05, 0) is 61.8 Å². The smallest absolute Gasteiger partial charge is 0.283 e. The normalized spacial score (nSPS) is 16.9. The molecule has 2 aromatic carbocycles. The van der Waals surface area contributed by atoms with E-state index in [9.17, 15) is 18.3 Å². The summed E-state index contributed by atoms with van der Waals surface area (Å²) in [5.74, 6) is -0.385. The lowest BCUT2D eigenvalue weighted by atomic mass is 9.87. The van der Waals surface area contributed by atoms with Crippen LogP contribution in [0, 0.1) is 19.3 Å². The van der Waals surface area contributed by atoms with Crippen LogP contribution in [0.2, 0.25) is 0 Å². The number of anilines is 1. The minimum atomic E-state index is -4.27. The molecule has 0 saturated heterocycles. The minimum absolute atomic E-state index is 0.0882. The Balaban J connectivity index is 1.66. The Morgan fingerprint density at radius 2 is 1.65 bits per heavy atom. The summed E-state index contributed by atoms with van der Waals surface area (Å²) in [5, 5.41) is 14.3. The van der Waals surface area contributed by atoms with Crippen LogP contribution in [0.1, 0.15) is 73.8 Å². The van der Waals surface area contributed by atoms with Gasteiger partial charge >= 0.3 is 0 Å². The maximum Gasteiger partial charge on any atom is 0.283 e. The predicted molar refractivity (Wildman–Crippen MR) is 176 cm³/mol. The fraction of sp³-hybridized carbons (Fsp3) is 0.412. The lowest BCUT2D eigenvalue weighted by molar-refractivity contribution is 0.0502. The highest BCUT2D eigenvalue weighted by Crippen LogP contribution is 2.32. The van der Waals surface area contributed by atoms with Gasteiger partial charge in [-0.2, -0.15) is 18.5 Å². The van der Waals surface area contributed by atoms with Crippen LogP contribution < -0.4 is 9.46 Å². The second-order valence-electron chi connectivity index (χ2n) is 13.7. The number of hydrogen-bond donors (Lipinski definition) is 2. The molecule has 12 heteroatoms. The van der Waals surface area contributed by atoms with Gasteiger partial charge in [-0.25, -0.2) is 9.71 Å². The summed E-state index contributed by atoms with van der Waals surface area (Å²) in [6.07, 6.45) is 0.573. The molecule has 0 aliphatic carbocycles. The van der Waals surface area contributed by atoms with E-state index < -0.39 is 27.6 Å². The molecule has 1 atom stereocenters. The monoisotopic (exact) mass is 646 g/mol. The molecule has 4 bridgehead atoms. The molecule has 2 N–H and O–H groups in total. The number of sulfonamides is 1. The van der Waals surface area contributed by atoms with E-state index in [1.807, 2.05) is 56.3 Å². The van der Waals surface area contributed by atoms with Crippen LogP contribution in [-0.4, -0.2) is 56.7 Å². The highest BCUT2D eigenvalue weighted by atomic mass is 32.2. The Bertz CT molecular complexity index is 1850. The number of aryl methyl sites for hydroxylation is 3. The van der Waals surface area contributed by atoms with E-state index >= 15 is 0 Å². The summed E-state index contributed by atoms with van der Waals surface area (Å²) in [6, 6.07) is 15.9. The van der Waals surface area contributed by atoms with Crippen LogP contribution in [-0.2, 0) is 29.2 Å². The van der Waals surface area contributed by atoms with E-state index in [1.54, 1.807) is 31.9 Å². The Kier molecular flexibility index (Phi) is 8.73. The van der Waals surface area contributed by atoms with Crippen LogP contribution in [0.3, 0.4) is 0 Å². The lowest BCUT2D eigenvalue weighted by Gasteiger charge is -2.35. The van der Waals surface area contributed by atoms with Crippen molar-refractivity contribution in [2.45, 2.75) is 78.1 Å². The maximum absolute atomic E-state index is 14.4. The summed E-state index contributed by atoms with van der Waals surface area (Å²) in [7, 11) is -2.73. The van der Waals surface area contributed by atoms with Crippen molar-refractivity contribution >= 4 is 21.9 Å². The van der Waals surface area contributed by atoms with E-state index in [0.29, 0.717) is 12.1 Å². The first-order chi connectivity index (χ1) is 21.4. The summed E-state index contributed by atoms with van der Waals surface area (Å²) >= 11 is 0. The zero-order chi connectivity index (χ0) is 33.6. The molecule has 46 heavy (non-hydrogen) atoms. The fourth-order valence-corrected chi connectivity index (χ4v) is 6.65. The van der Waals surface area contributed by atoms with Crippen LogP contribution in [0.4, 0.5) is 5.95 Å². The summed E-state index contributed by atoms with van der Waals surface area (Å²) < 4.78 is 37.2. The molecular formula is C34H42N6O5S. The van der Waals surface area contributed by atoms with Crippen LogP contribution in [0.5, 0.6) is 5.88 Å². The molecule has 0 spiro atoms. The van der Waals surface area contributed by atoms with Crippen molar-refractivity contribution < 1.29 is 23.1 Å². The number of hydrogen-bond acceptors (Lipinski definition) is 8. The molecule has 11 nitrogen and oxygen atoms in total. The Morgan fingerprint density at radius 1 is 1.00 bits per heavy atom. The van der Waals surface area contributed by atoms with Crippen molar-refractivity contribution in [3.8, 4) is 17.1 Å². The number of amides is 1. The maximum atomic E-state index is 14.4. The molecule has 2 aromatic heterocycles. The Hall–Kier alpha value is -4.29. The number of aliphatic hydroxyl groups is 1. The van der Waals surface area contributed by atoms with Gasteiger partial charge in [0.1, 0.15) is 12.3 Å². The first kappa shape index (κ1) is 33.1. The molecule has 5 rings (SSSR count). The molecule has 1 aliphatic heterocycles. The van der Waals surface area contributed by atoms with Gasteiger partial charge in [-0.3, -0.25) is 9.48 Å². The summed E-state index contributed by atoms with van der Waals surface area (Å²) in [4.78, 5) is 25.1. The number of carbonyl (C=O) groups excluding carboxylic acids is 1. The molecule has 0 fully saturated rings. The molecule has 0 radical (unpaired) electrons. The van der Waals surface area contributed by atoms with Gasteiger partial charge in [0.25, 0.3) is 15.9 Å². The topological polar surface area (TPSA) is 140 Å². The van der Waals surface area contributed by atoms with Crippen LogP contribution in [0.15, 0.2) is 59.6 Å². The number of fused-ring (bicyclic) bond motifs is 4. The van der Waals surface area contributed by atoms with Gasteiger partial charge in [-0.1, -0.05) is 63.2 Å². The molecule has 1 aliphatic rings. The standard InChI is InChI=1S/C34H42N6O5S/c1-21-10-9-11-22(2)30(21)26-16-28-36-32(35-26)38-46(43,44)29-17-27(39(8)37-29)31(41)40(25(20-45-28)18-33(3,4)5)19-23-12-14-24(15-13-23)34(6,7)42/h9-17,25,42H,18-20H2,1-8H3,(H,35,36,38)/t25-/m1/s1. The molecule has 4 aromatic rings. The van der Waals surface area contributed by atoms with Crippen LogP contribution in [0.25, 0.3) is 11.3 Å². The second-order valence-corrected chi connectivity index (χ2v) is 15.3. The first-order valence-corrected chi connectivity index (χ1v) is 16.7. The molecule has 3 heterocycles. The van der Waals surface area contributed by atoms with Crippen molar-refractivity contribution in [2.24, 2.45) is 12.5 Å². The summed E-state index contributed by atoms with van der Waals surface area (Å²) in [6.45, 7) is 13.9. The number of carbonyl (C=O) groups is 1. The highest BCUT2D eigenvalue weighted by molar-refractivity contribution is 7.92. The number of benzene rings is 2. The fourth-order valence-electron chi connectivity index (χ4n) is 5.71. The summed E-state index contributed by atoms with van der Waals surface area (Å²) in [5.41, 5.74) is 3.74. The van der Waals surface area contributed by atoms with Crippen molar-refractivity contribution in [1.29, 1.82) is 0 Å². The number of ether oxygens (including phenoxy) is 1. The van der Waals surface area contributed by atoms with Gasteiger partial charge in [0.15, 0.2) is 5.03 Å². The van der Waals surface area contributed by atoms with Crippen LogP contribution >= 0.6 is 0 Å². The SMILES string of the molecule is Cc1cccc(C)c1-c1cc2nc(n1)NS(=O)(=O)c1cc(n(C)n1)C(=O)N(Cc1ccc(C(C)(C)O)cc1)[C@H](CC(C)(C)C)CO2. The molecular weight excluding hydrogens is 604 g/mol. The van der Waals surface area contributed by atoms with Crippen molar-refractivity contribution in [1.82, 2.24) is 24.6 Å². The third kappa shape index (κ3) is 7.23. The van der Waals surface area contributed by atoms with Crippen molar-refractivity contribution in [2.75, 3.05) is 11.3 Å². The number of rotatable bonds is 5. The Morgan fingerprint density at radius 3 is 2.26 bits per heavy atom. The third-order valence-corrected chi connectivity index (χ3v) is 9.21. The van der Waals surface area contributed by atoms with Gasteiger partial charge < -0.3 is 14.7 Å². The molecule has 244 valence electrons. The number of aromatic nitrogens is 4. The van der Waals surface area contributed by atoms with Gasteiger partial charge in [0.2, 0.25) is 11.8 Å². The third-order valence-electron chi connectivity index (χ3n) is 8.00. The number of nitrogens with one attached hydrogen (secondary N) is 1. The molecule has 1 amide bonds. The van der Waals surface area contributed by atoms with Gasteiger partial charge in [0.05, 0.1) is 17.3 Å². The minimum Gasteiger partial charge on any atom is -0.475 e. The lowest BCUT2D eigenvalue weighted by Crippen LogP contribution is -2.45. The number of nitrogens with zero attached hydrogens (tertiary/aromatic N) is 5. The quantitative estimate of drug-likeness (QED) is 0.295. The van der Waals surface area contributed by atoms with Gasteiger partial charge in [-0.15, -0.1) is 0 Å². The van der Waals surface area contributed by atoms with E-state index in [4.69, 9.17) is 4.74 Å². The zero-order valence-corrected chi connectivity index (χ0v) is 28.4. The van der Waals surface area contributed by atoms with E-state index in [1.165, 1.54) is 10.7 Å². The average Bonchev–Trinajstić information content (AvgIpc) is 3.35. The van der Waals surface area contributed by atoms with Crippen molar-refractivity contribution in [3.63, 3.8) is 0 Å². The molecule has 0 saturated carbocycles.